The number of hydrogen-bond donors (Lipinski definition) is 2. The Hall–Kier alpha value is -2.63. The van der Waals surface area contributed by atoms with E-state index in [1.807, 2.05) is 18.2 Å². The first kappa shape index (κ1) is 13.8. The minimum absolute atomic E-state index is 0.336. The average Bonchev–Trinajstić information content (AvgIpc) is 2.48. The highest BCUT2D eigenvalue weighted by Gasteiger charge is 2.02. The number of amides is 1. The molecule has 104 valence electrons. The van der Waals surface area contributed by atoms with E-state index in [-0.39, 0.29) is 0 Å². The van der Waals surface area contributed by atoms with Gasteiger partial charge >= 0.3 is 6.09 Å². The van der Waals surface area contributed by atoms with Crippen molar-refractivity contribution in [2.24, 2.45) is 0 Å². The summed E-state index contributed by atoms with van der Waals surface area (Å²) in [6, 6.07) is 9.28. The van der Waals surface area contributed by atoms with Crippen molar-refractivity contribution in [2.45, 2.75) is 13.5 Å². The van der Waals surface area contributed by atoms with Crippen molar-refractivity contribution in [3.8, 4) is 0 Å². The number of carbonyl (C=O) groups excluding carboxylic acids is 1. The van der Waals surface area contributed by atoms with Crippen molar-refractivity contribution in [3.05, 3.63) is 48.4 Å². The zero-order valence-corrected chi connectivity index (χ0v) is 11.2. The van der Waals surface area contributed by atoms with Gasteiger partial charge in [0.1, 0.15) is 5.82 Å². The van der Waals surface area contributed by atoms with Crippen LogP contribution in [-0.4, -0.2) is 22.7 Å². The number of anilines is 2. The molecule has 0 saturated carbocycles. The molecule has 0 aromatic carbocycles. The van der Waals surface area contributed by atoms with Gasteiger partial charge in [0.25, 0.3) is 0 Å². The van der Waals surface area contributed by atoms with Crippen molar-refractivity contribution < 1.29 is 9.53 Å². The molecule has 0 atom stereocenters. The molecular formula is C14H16N4O2. The van der Waals surface area contributed by atoms with Gasteiger partial charge in [0.2, 0.25) is 0 Å². The van der Waals surface area contributed by atoms with Crippen LogP contribution in [0, 0.1) is 0 Å². The molecule has 2 heterocycles. The van der Waals surface area contributed by atoms with Gasteiger partial charge in [0.15, 0.2) is 0 Å². The van der Waals surface area contributed by atoms with E-state index in [9.17, 15) is 4.79 Å². The zero-order chi connectivity index (χ0) is 14.2. The monoisotopic (exact) mass is 272 g/mol. The number of nitrogens with zero attached hydrogens (tertiary/aromatic N) is 2. The van der Waals surface area contributed by atoms with Gasteiger partial charge < -0.3 is 10.1 Å². The number of carbonyl (C=O) groups is 1. The van der Waals surface area contributed by atoms with Crippen molar-refractivity contribution in [1.82, 2.24) is 9.97 Å². The predicted octanol–water partition coefficient (Wildman–Crippen LogP) is 2.66. The van der Waals surface area contributed by atoms with E-state index in [2.05, 4.69) is 20.6 Å². The first-order chi connectivity index (χ1) is 9.78. The lowest BCUT2D eigenvalue weighted by molar-refractivity contribution is 0.168. The first-order valence-electron chi connectivity index (χ1n) is 6.31. The fraction of sp³-hybridized carbons (Fsp3) is 0.214. The molecule has 0 radical (unpaired) electrons. The number of pyridine rings is 2. The molecule has 0 aliphatic carbocycles. The summed E-state index contributed by atoms with van der Waals surface area (Å²) >= 11 is 0. The van der Waals surface area contributed by atoms with Gasteiger partial charge in [-0.15, -0.1) is 0 Å². The Morgan fingerprint density at radius 3 is 2.80 bits per heavy atom. The molecule has 0 aliphatic heterocycles. The molecule has 0 saturated heterocycles. The van der Waals surface area contributed by atoms with E-state index in [0.717, 1.165) is 5.69 Å². The van der Waals surface area contributed by atoms with E-state index < -0.39 is 6.09 Å². The van der Waals surface area contributed by atoms with Crippen LogP contribution in [0.5, 0.6) is 0 Å². The first-order valence-corrected chi connectivity index (χ1v) is 6.31. The highest BCUT2D eigenvalue weighted by Crippen LogP contribution is 2.10. The number of ether oxygens (including phenoxy) is 1. The molecule has 20 heavy (non-hydrogen) atoms. The lowest BCUT2D eigenvalue weighted by Crippen LogP contribution is -2.13. The van der Waals surface area contributed by atoms with Crippen LogP contribution in [0.1, 0.15) is 12.6 Å². The molecule has 0 unspecified atom stereocenters. The normalized spacial score (nSPS) is 9.85. The number of aromatic nitrogens is 2. The Kier molecular flexibility index (Phi) is 4.88. The lowest BCUT2D eigenvalue weighted by Gasteiger charge is -2.07. The molecule has 6 nitrogen and oxygen atoms in total. The SMILES string of the molecule is CCOC(=O)Nc1ccc(NCc2ccccn2)nc1. The summed E-state index contributed by atoms with van der Waals surface area (Å²) in [5, 5.41) is 5.73. The number of nitrogens with one attached hydrogen (secondary N) is 2. The summed E-state index contributed by atoms with van der Waals surface area (Å²) < 4.78 is 4.78. The van der Waals surface area contributed by atoms with Gasteiger partial charge in [-0.05, 0) is 31.2 Å². The summed E-state index contributed by atoms with van der Waals surface area (Å²) in [6.45, 7) is 2.68. The van der Waals surface area contributed by atoms with Gasteiger partial charge in [0.05, 0.1) is 30.7 Å². The summed E-state index contributed by atoms with van der Waals surface area (Å²) in [4.78, 5) is 19.6. The predicted molar refractivity (Wildman–Crippen MR) is 76.4 cm³/mol. The molecule has 6 heteroatoms. The maximum Gasteiger partial charge on any atom is 0.411 e. The Bertz CT molecular complexity index is 543. The molecule has 1 amide bonds. The van der Waals surface area contributed by atoms with Crippen molar-refractivity contribution in [2.75, 3.05) is 17.2 Å². The Balaban J connectivity index is 1.87. The minimum Gasteiger partial charge on any atom is -0.450 e. The van der Waals surface area contributed by atoms with E-state index in [4.69, 9.17) is 4.74 Å². The van der Waals surface area contributed by atoms with Crippen LogP contribution in [0.25, 0.3) is 0 Å². The zero-order valence-electron chi connectivity index (χ0n) is 11.2. The molecule has 2 N–H and O–H groups in total. The van der Waals surface area contributed by atoms with E-state index in [1.165, 1.54) is 0 Å². The van der Waals surface area contributed by atoms with Gasteiger partial charge in [-0.1, -0.05) is 6.07 Å². The maximum atomic E-state index is 11.2. The second-order valence-electron chi connectivity index (χ2n) is 3.95. The van der Waals surface area contributed by atoms with E-state index in [0.29, 0.717) is 24.7 Å². The highest BCUT2D eigenvalue weighted by molar-refractivity contribution is 5.84. The third-order valence-electron chi connectivity index (χ3n) is 2.46. The highest BCUT2D eigenvalue weighted by atomic mass is 16.5. The summed E-state index contributed by atoms with van der Waals surface area (Å²) in [7, 11) is 0. The smallest absolute Gasteiger partial charge is 0.411 e. The molecule has 0 bridgehead atoms. The fourth-order valence-corrected chi connectivity index (χ4v) is 1.54. The topological polar surface area (TPSA) is 76.1 Å². The standard InChI is InChI=1S/C14H16N4O2/c1-2-20-14(19)18-12-6-7-13(17-10-12)16-9-11-5-3-4-8-15-11/h3-8,10H,2,9H2,1H3,(H,16,17)(H,18,19). The van der Waals surface area contributed by atoms with Crippen LogP contribution in [0.2, 0.25) is 0 Å². The molecule has 0 fully saturated rings. The minimum atomic E-state index is -0.483. The number of hydrogen-bond acceptors (Lipinski definition) is 5. The molecule has 0 aliphatic rings. The van der Waals surface area contributed by atoms with Crippen LogP contribution >= 0.6 is 0 Å². The summed E-state index contributed by atoms with van der Waals surface area (Å²) in [6.07, 6.45) is 2.83. The molecule has 2 aromatic heterocycles. The van der Waals surface area contributed by atoms with Gasteiger partial charge in [0, 0.05) is 6.20 Å². The summed E-state index contributed by atoms with van der Waals surface area (Å²) in [5.41, 5.74) is 1.52. The second-order valence-corrected chi connectivity index (χ2v) is 3.95. The van der Waals surface area contributed by atoms with Crippen LogP contribution in [0.3, 0.4) is 0 Å². The third kappa shape index (κ3) is 4.24. The maximum absolute atomic E-state index is 11.2. The average molecular weight is 272 g/mol. The van der Waals surface area contributed by atoms with E-state index in [1.54, 1.807) is 31.5 Å². The lowest BCUT2D eigenvalue weighted by atomic mass is 10.3. The van der Waals surface area contributed by atoms with Crippen molar-refractivity contribution in [3.63, 3.8) is 0 Å². The molecule has 2 rings (SSSR count). The van der Waals surface area contributed by atoms with Gasteiger partial charge in [-0.2, -0.15) is 0 Å². The van der Waals surface area contributed by atoms with Crippen LogP contribution in [0.4, 0.5) is 16.3 Å². The van der Waals surface area contributed by atoms with Crippen LogP contribution < -0.4 is 10.6 Å². The molecule has 0 spiro atoms. The van der Waals surface area contributed by atoms with E-state index >= 15 is 0 Å². The fourth-order valence-electron chi connectivity index (χ4n) is 1.54. The largest absolute Gasteiger partial charge is 0.450 e. The quantitative estimate of drug-likeness (QED) is 0.875. The van der Waals surface area contributed by atoms with Crippen LogP contribution in [-0.2, 0) is 11.3 Å². The van der Waals surface area contributed by atoms with Crippen molar-refractivity contribution in [1.29, 1.82) is 0 Å². The van der Waals surface area contributed by atoms with Gasteiger partial charge in [-0.25, -0.2) is 9.78 Å². The Labute approximate surface area is 117 Å². The molecular weight excluding hydrogens is 256 g/mol. The Morgan fingerprint density at radius 1 is 1.25 bits per heavy atom. The Morgan fingerprint density at radius 2 is 2.15 bits per heavy atom. The summed E-state index contributed by atoms with van der Waals surface area (Å²) in [5.74, 6) is 0.713. The molecule has 2 aromatic rings. The van der Waals surface area contributed by atoms with Gasteiger partial charge in [-0.3, -0.25) is 10.3 Å². The third-order valence-corrected chi connectivity index (χ3v) is 2.46. The second kappa shape index (κ2) is 7.08. The number of rotatable bonds is 5. The van der Waals surface area contributed by atoms with Crippen LogP contribution in [0.15, 0.2) is 42.7 Å². The van der Waals surface area contributed by atoms with Crippen molar-refractivity contribution >= 4 is 17.6 Å².